The first-order valence-electron chi connectivity index (χ1n) is 3.04. The Labute approximate surface area is 72.7 Å². The Morgan fingerprint density at radius 2 is 2.45 bits per heavy atom. The molecule has 0 radical (unpaired) electrons. The molecule has 1 aromatic rings. The minimum Gasteiger partial charge on any atom is -0.399 e. The molecular weight excluding hydrogens is 208 g/mol. The van der Waals surface area contributed by atoms with Gasteiger partial charge in [-0.05, 0) is 12.1 Å². The lowest BCUT2D eigenvalue weighted by Gasteiger charge is -1.95. The number of halogens is 1. The molecule has 0 bridgehead atoms. The summed E-state index contributed by atoms with van der Waals surface area (Å²) >= 11 is 3.05. The molecule has 3 nitrogen and oxygen atoms in total. The highest BCUT2D eigenvalue weighted by atomic mass is 79.9. The number of alkyl halides is 1. The van der Waals surface area contributed by atoms with Gasteiger partial charge in [-0.2, -0.15) is 0 Å². The van der Waals surface area contributed by atoms with Crippen LogP contribution in [0.2, 0.25) is 0 Å². The molecule has 0 aliphatic carbocycles. The molecule has 0 saturated heterocycles. The smallest absolute Gasteiger partial charge is 0.191 e. The molecule has 0 saturated carbocycles. The molecule has 0 fully saturated rings. The lowest BCUT2D eigenvalue weighted by Crippen LogP contribution is -2.03. The standard InChI is InChI=1S/C7H7BrN2O/c8-4-7(11)6-3-5(9)1-2-10-6/h1-3H,4H2,(H2,9,10). The van der Waals surface area contributed by atoms with E-state index in [4.69, 9.17) is 5.73 Å². The predicted octanol–water partition coefficient (Wildman–Crippen LogP) is 1.24. The highest BCUT2D eigenvalue weighted by molar-refractivity contribution is 9.09. The van der Waals surface area contributed by atoms with E-state index in [9.17, 15) is 4.79 Å². The maximum Gasteiger partial charge on any atom is 0.191 e. The average Bonchev–Trinajstić information content (AvgIpc) is 2.03. The van der Waals surface area contributed by atoms with Gasteiger partial charge >= 0.3 is 0 Å². The van der Waals surface area contributed by atoms with Crippen LogP contribution in [-0.2, 0) is 0 Å². The van der Waals surface area contributed by atoms with Crippen molar-refractivity contribution in [3.8, 4) is 0 Å². The number of aromatic nitrogens is 1. The van der Waals surface area contributed by atoms with Gasteiger partial charge in [-0.1, -0.05) is 15.9 Å². The van der Waals surface area contributed by atoms with Crippen molar-refractivity contribution in [2.24, 2.45) is 0 Å². The SMILES string of the molecule is Nc1ccnc(C(=O)CBr)c1. The van der Waals surface area contributed by atoms with E-state index in [1.807, 2.05) is 0 Å². The Balaban J connectivity index is 2.96. The van der Waals surface area contributed by atoms with E-state index in [1.54, 1.807) is 12.1 Å². The van der Waals surface area contributed by atoms with Crippen molar-refractivity contribution >= 4 is 27.4 Å². The number of rotatable bonds is 2. The molecule has 0 aliphatic heterocycles. The van der Waals surface area contributed by atoms with Crippen LogP contribution in [0.5, 0.6) is 0 Å². The van der Waals surface area contributed by atoms with E-state index in [1.165, 1.54) is 6.20 Å². The third-order valence-electron chi connectivity index (χ3n) is 1.19. The molecule has 11 heavy (non-hydrogen) atoms. The number of pyridine rings is 1. The lowest BCUT2D eigenvalue weighted by atomic mass is 10.2. The summed E-state index contributed by atoms with van der Waals surface area (Å²) in [6.07, 6.45) is 1.52. The normalized spacial score (nSPS) is 9.55. The molecule has 1 aromatic heterocycles. The molecule has 0 atom stereocenters. The number of Topliss-reactive ketones (excluding diaryl/α,β-unsaturated/α-hetero) is 1. The number of carbonyl (C=O) groups is 1. The maximum atomic E-state index is 11.0. The van der Waals surface area contributed by atoms with Crippen molar-refractivity contribution in [1.82, 2.24) is 4.98 Å². The van der Waals surface area contributed by atoms with Crippen LogP contribution in [0, 0.1) is 0 Å². The number of hydrogen-bond acceptors (Lipinski definition) is 3. The van der Waals surface area contributed by atoms with Gasteiger partial charge in [0, 0.05) is 11.9 Å². The second-order valence-electron chi connectivity index (χ2n) is 2.03. The fourth-order valence-electron chi connectivity index (χ4n) is 0.668. The molecular formula is C7H7BrN2O. The quantitative estimate of drug-likeness (QED) is 0.596. The first kappa shape index (κ1) is 8.20. The van der Waals surface area contributed by atoms with Gasteiger partial charge in [-0.25, -0.2) is 0 Å². The number of carbonyl (C=O) groups excluding carboxylic acids is 1. The van der Waals surface area contributed by atoms with Gasteiger partial charge in [-0.3, -0.25) is 9.78 Å². The van der Waals surface area contributed by atoms with E-state index < -0.39 is 0 Å². The zero-order chi connectivity index (χ0) is 8.27. The zero-order valence-corrected chi connectivity index (χ0v) is 7.34. The van der Waals surface area contributed by atoms with Crippen LogP contribution in [0.15, 0.2) is 18.3 Å². The molecule has 4 heteroatoms. The predicted molar refractivity (Wildman–Crippen MR) is 46.8 cm³/mol. The Hall–Kier alpha value is -0.900. The van der Waals surface area contributed by atoms with Crippen LogP contribution in [0.4, 0.5) is 5.69 Å². The summed E-state index contributed by atoms with van der Waals surface area (Å²) in [6, 6.07) is 3.20. The summed E-state index contributed by atoms with van der Waals surface area (Å²) in [5.74, 6) is -0.0581. The Kier molecular flexibility index (Phi) is 2.59. The summed E-state index contributed by atoms with van der Waals surface area (Å²) in [7, 11) is 0. The summed E-state index contributed by atoms with van der Waals surface area (Å²) in [5.41, 5.74) is 6.41. The zero-order valence-electron chi connectivity index (χ0n) is 5.75. The van der Waals surface area contributed by atoms with Gasteiger partial charge in [0.25, 0.3) is 0 Å². The number of anilines is 1. The van der Waals surface area contributed by atoms with Crippen LogP contribution < -0.4 is 5.73 Å². The van der Waals surface area contributed by atoms with Gasteiger partial charge in [0.05, 0.1) is 5.33 Å². The highest BCUT2D eigenvalue weighted by Crippen LogP contribution is 2.04. The van der Waals surface area contributed by atoms with Crippen LogP contribution >= 0.6 is 15.9 Å². The van der Waals surface area contributed by atoms with Crippen LogP contribution in [-0.4, -0.2) is 16.1 Å². The first-order valence-corrected chi connectivity index (χ1v) is 4.17. The maximum absolute atomic E-state index is 11.0. The van der Waals surface area contributed by atoms with Crippen molar-refractivity contribution in [3.63, 3.8) is 0 Å². The Morgan fingerprint density at radius 1 is 1.73 bits per heavy atom. The van der Waals surface area contributed by atoms with E-state index in [0.717, 1.165) is 0 Å². The number of nitrogens with zero attached hydrogens (tertiary/aromatic N) is 1. The summed E-state index contributed by atoms with van der Waals surface area (Å²) in [6.45, 7) is 0. The monoisotopic (exact) mass is 214 g/mol. The van der Waals surface area contributed by atoms with E-state index in [-0.39, 0.29) is 11.1 Å². The molecule has 0 aliphatic rings. The fraction of sp³-hybridized carbons (Fsp3) is 0.143. The molecule has 0 unspecified atom stereocenters. The summed E-state index contributed by atoms with van der Waals surface area (Å²) < 4.78 is 0. The number of nitrogens with two attached hydrogens (primary N) is 1. The van der Waals surface area contributed by atoms with Gasteiger partial charge in [0.1, 0.15) is 5.69 Å². The summed E-state index contributed by atoms with van der Waals surface area (Å²) in [5, 5.41) is 0.281. The molecule has 0 spiro atoms. The van der Waals surface area contributed by atoms with Crippen LogP contribution in [0.25, 0.3) is 0 Å². The highest BCUT2D eigenvalue weighted by Gasteiger charge is 2.03. The number of nitrogen functional groups attached to an aromatic ring is 1. The van der Waals surface area contributed by atoms with E-state index in [2.05, 4.69) is 20.9 Å². The largest absolute Gasteiger partial charge is 0.399 e. The second-order valence-corrected chi connectivity index (χ2v) is 2.59. The third-order valence-corrected chi connectivity index (χ3v) is 1.70. The van der Waals surface area contributed by atoms with Crippen LogP contribution in [0.1, 0.15) is 10.5 Å². The molecule has 2 N–H and O–H groups in total. The molecule has 58 valence electrons. The van der Waals surface area contributed by atoms with Crippen molar-refractivity contribution in [2.75, 3.05) is 11.1 Å². The average molecular weight is 215 g/mol. The van der Waals surface area contributed by atoms with E-state index in [0.29, 0.717) is 11.4 Å². The topological polar surface area (TPSA) is 56.0 Å². The van der Waals surface area contributed by atoms with Crippen molar-refractivity contribution < 1.29 is 4.79 Å². The van der Waals surface area contributed by atoms with E-state index >= 15 is 0 Å². The number of hydrogen-bond donors (Lipinski definition) is 1. The van der Waals surface area contributed by atoms with Gasteiger partial charge in [0.2, 0.25) is 0 Å². The fourth-order valence-corrected chi connectivity index (χ4v) is 0.955. The summed E-state index contributed by atoms with van der Waals surface area (Å²) in [4.78, 5) is 14.9. The molecule has 1 rings (SSSR count). The van der Waals surface area contributed by atoms with Crippen molar-refractivity contribution in [3.05, 3.63) is 24.0 Å². The molecule has 0 aromatic carbocycles. The van der Waals surface area contributed by atoms with Gasteiger partial charge in [0.15, 0.2) is 5.78 Å². The molecule has 0 amide bonds. The number of ketones is 1. The van der Waals surface area contributed by atoms with Gasteiger partial charge < -0.3 is 5.73 Å². The Bertz CT molecular complexity index is 275. The van der Waals surface area contributed by atoms with Crippen LogP contribution in [0.3, 0.4) is 0 Å². The minimum absolute atomic E-state index is 0.0581. The third kappa shape index (κ3) is 2.01. The van der Waals surface area contributed by atoms with Gasteiger partial charge in [-0.15, -0.1) is 0 Å². The molecule has 1 heterocycles. The first-order chi connectivity index (χ1) is 5.24. The van der Waals surface area contributed by atoms with Crippen molar-refractivity contribution in [1.29, 1.82) is 0 Å². The lowest BCUT2D eigenvalue weighted by molar-refractivity contribution is 0.101. The van der Waals surface area contributed by atoms with Crippen molar-refractivity contribution in [2.45, 2.75) is 0 Å². The Morgan fingerprint density at radius 3 is 3.00 bits per heavy atom. The second kappa shape index (κ2) is 3.48. The minimum atomic E-state index is -0.0581.